The van der Waals surface area contributed by atoms with Gasteiger partial charge in [0.15, 0.2) is 11.6 Å². The molecular weight excluding hydrogens is 401 g/mol. The fourth-order valence-corrected chi connectivity index (χ4v) is 3.42. The van der Waals surface area contributed by atoms with E-state index in [4.69, 9.17) is 19.4 Å². The van der Waals surface area contributed by atoms with E-state index in [0.29, 0.717) is 12.8 Å². The fraction of sp³-hybridized carbons (Fsp3) is 0.375. The van der Waals surface area contributed by atoms with Crippen LogP contribution >= 0.6 is 15.6 Å². The van der Waals surface area contributed by atoms with Crippen LogP contribution in [0.4, 0.5) is 4.39 Å². The molecule has 1 atom stereocenters. The SMILES string of the molecule is C/C(=C\COP(=O)(O)OP(=O)(O)O)CC/C=C(\C)COc1ccccc1F. The Kier molecular flexibility index (Phi) is 9.56. The summed E-state index contributed by atoms with van der Waals surface area (Å²) in [5, 5.41) is 0. The van der Waals surface area contributed by atoms with Crippen molar-refractivity contribution in [2.45, 2.75) is 26.7 Å². The third-order valence-corrected chi connectivity index (χ3v) is 5.35. The Morgan fingerprint density at radius 3 is 2.41 bits per heavy atom. The number of benzene rings is 1. The van der Waals surface area contributed by atoms with Crippen LogP contribution in [0.2, 0.25) is 0 Å². The lowest BCUT2D eigenvalue weighted by Crippen LogP contribution is -2.00. The summed E-state index contributed by atoms with van der Waals surface area (Å²) < 4.78 is 48.7. The zero-order valence-corrected chi connectivity index (χ0v) is 16.7. The molecule has 27 heavy (non-hydrogen) atoms. The van der Waals surface area contributed by atoms with Crippen molar-refractivity contribution in [2.75, 3.05) is 13.2 Å². The van der Waals surface area contributed by atoms with E-state index in [2.05, 4.69) is 8.83 Å². The first-order chi connectivity index (χ1) is 12.5. The lowest BCUT2D eigenvalue weighted by Gasteiger charge is -2.11. The number of allylic oxidation sites excluding steroid dienone is 2. The number of rotatable bonds is 11. The topological polar surface area (TPSA) is 123 Å². The Hall–Kier alpha value is -1.31. The van der Waals surface area contributed by atoms with E-state index < -0.39 is 21.5 Å². The zero-order valence-electron chi connectivity index (χ0n) is 14.9. The van der Waals surface area contributed by atoms with Gasteiger partial charge in [0.05, 0.1) is 6.61 Å². The van der Waals surface area contributed by atoms with Gasteiger partial charge in [0.2, 0.25) is 0 Å². The molecule has 0 bridgehead atoms. The van der Waals surface area contributed by atoms with Crippen LogP contribution < -0.4 is 4.74 Å². The Balaban J connectivity index is 2.36. The predicted molar refractivity (Wildman–Crippen MR) is 97.5 cm³/mol. The fourth-order valence-electron chi connectivity index (χ4n) is 1.89. The normalized spacial score (nSPS) is 15.5. The second kappa shape index (κ2) is 10.9. The summed E-state index contributed by atoms with van der Waals surface area (Å²) in [4.78, 5) is 26.1. The van der Waals surface area contributed by atoms with Crippen molar-refractivity contribution in [1.82, 2.24) is 0 Å². The van der Waals surface area contributed by atoms with E-state index in [9.17, 15) is 13.5 Å². The smallest absolute Gasteiger partial charge is 0.481 e. The largest absolute Gasteiger partial charge is 0.486 e. The molecule has 0 saturated heterocycles. The first-order valence-electron chi connectivity index (χ1n) is 7.91. The molecule has 0 aliphatic heterocycles. The van der Waals surface area contributed by atoms with E-state index in [1.54, 1.807) is 25.1 Å². The monoisotopic (exact) mass is 424 g/mol. The van der Waals surface area contributed by atoms with Gasteiger partial charge in [-0.05, 0) is 44.4 Å². The molecule has 0 radical (unpaired) electrons. The summed E-state index contributed by atoms with van der Waals surface area (Å²) in [5.41, 5.74) is 1.75. The summed E-state index contributed by atoms with van der Waals surface area (Å²) in [6.07, 6.45) is 4.71. The summed E-state index contributed by atoms with van der Waals surface area (Å²) in [7, 11) is -9.93. The third-order valence-electron chi connectivity index (χ3n) is 3.20. The van der Waals surface area contributed by atoms with Gasteiger partial charge in [-0.1, -0.05) is 29.9 Å². The first-order valence-corrected chi connectivity index (χ1v) is 10.9. The van der Waals surface area contributed by atoms with Crippen molar-refractivity contribution in [3.05, 3.63) is 53.4 Å². The summed E-state index contributed by atoms with van der Waals surface area (Å²) in [6, 6.07) is 6.13. The van der Waals surface area contributed by atoms with Crippen LogP contribution in [0.5, 0.6) is 5.75 Å². The van der Waals surface area contributed by atoms with Crippen molar-refractivity contribution in [2.24, 2.45) is 0 Å². The predicted octanol–water partition coefficient (Wildman–Crippen LogP) is 4.10. The minimum absolute atomic E-state index is 0.185. The molecule has 11 heteroatoms. The maximum absolute atomic E-state index is 13.4. The first kappa shape index (κ1) is 23.7. The zero-order chi connectivity index (χ0) is 20.5. The van der Waals surface area contributed by atoms with E-state index in [0.717, 1.165) is 11.1 Å². The molecule has 152 valence electrons. The van der Waals surface area contributed by atoms with Crippen LogP contribution in [0.25, 0.3) is 0 Å². The molecule has 0 heterocycles. The molecule has 0 aliphatic carbocycles. The molecule has 0 saturated carbocycles. The highest BCUT2D eigenvalue weighted by molar-refractivity contribution is 7.60. The molecule has 1 aromatic carbocycles. The van der Waals surface area contributed by atoms with E-state index in [-0.39, 0.29) is 19.0 Å². The highest BCUT2D eigenvalue weighted by atomic mass is 31.3. The molecule has 3 N–H and O–H groups in total. The average molecular weight is 424 g/mol. The minimum Gasteiger partial charge on any atom is -0.486 e. The van der Waals surface area contributed by atoms with Crippen LogP contribution in [0.15, 0.2) is 47.6 Å². The summed E-state index contributed by atoms with van der Waals surface area (Å²) >= 11 is 0. The lowest BCUT2D eigenvalue weighted by atomic mass is 10.1. The highest BCUT2D eigenvalue weighted by Gasteiger charge is 2.31. The van der Waals surface area contributed by atoms with Crippen LogP contribution in [0, 0.1) is 5.82 Å². The van der Waals surface area contributed by atoms with Crippen molar-refractivity contribution in [3.8, 4) is 5.75 Å². The maximum atomic E-state index is 13.4. The molecular formula is C16H23FO8P2. The quantitative estimate of drug-likeness (QED) is 0.358. The number of para-hydroxylation sites is 1. The lowest BCUT2D eigenvalue weighted by molar-refractivity contribution is 0.191. The number of hydrogen-bond acceptors (Lipinski definition) is 5. The van der Waals surface area contributed by atoms with Gasteiger partial charge in [0.25, 0.3) is 0 Å². The van der Waals surface area contributed by atoms with Gasteiger partial charge in [-0.15, -0.1) is 0 Å². The Bertz CT molecular complexity index is 771. The average Bonchev–Trinajstić information content (AvgIpc) is 2.51. The minimum atomic E-state index is -5.11. The van der Waals surface area contributed by atoms with Crippen LogP contribution in [0.1, 0.15) is 26.7 Å². The second-order valence-electron chi connectivity index (χ2n) is 5.70. The molecule has 1 rings (SSSR count). The molecule has 0 amide bonds. The van der Waals surface area contributed by atoms with Gasteiger partial charge in [0.1, 0.15) is 6.61 Å². The van der Waals surface area contributed by atoms with Gasteiger partial charge in [-0.3, -0.25) is 4.52 Å². The van der Waals surface area contributed by atoms with E-state index >= 15 is 0 Å². The standard InChI is InChI=1S/C16H23FO8P2/c1-13(10-11-24-27(21,22)25-26(18,19)20)6-5-7-14(2)12-23-16-9-4-3-8-15(16)17/h3-4,7-10H,5-6,11-12H2,1-2H3,(H,21,22)(H2,18,19,20)/b13-10+,14-7+. The number of hydrogen-bond donors (Lipinski definition) is 3. The van der Waals surface area contributed by atoms with Gasteiger partial charge in [-0.25, -0.2) is 13.5 Å². The number of halogens is 1. The van der Waals surface area contributed by atoms with E-state index in [1.807, 2.05) is 13.0 Å². The third kappa shape index (κ3) is 11.2. The second-order valence-corrected chi connectivity index (χ2v) is 8.52. The number of ether oxygens (including phenoxy) is 1. The van der Waals surface area contributed by atoms with Crippen molar-refractivity contribution >= 4 is 15.6 Å². The summed E-state index contributed by atoms with van der Waals surface area (Å²) in [6.45, 7) is 3.54. The van der Waals surface area contributed by atoms with Crippen molar-refractivity contribution in [3.63, 3.8) is 0 Å². The van der Waals surface area contributed by atoms with E-state index in [1.165, 1.54) is 12.1 Å². The molecule has 1 aromatic rings. The Morgan fingerprint density at radius 2 is 1.78 bits per heavy atom. The Morgan fingerprint density at radius 1 is 1.11 bits per heavy atom. The molecule has 1 unspecified atom stereocenters. The molecule has 0 spiro atoms. The van der Waals surface area contributed by atoms with Crippen LogP contribution in [-0.2, 0) is 18.0 Å². The number of phosphoric ester groups is 1. The molecule has 0 aliphatic rings. The van der Waals surface area contributed by atoms with Crippen molar-refractivity contribution in [1.29, 1.82) is 0 Å². The van der Waals surface area contributed by atoms with Crippen LogP contribution in [0.3, 0.4) is 0 Å². The molecule has 0 fully saturated rings. The van der Waals surface area contributed by atoms with Crippen LogP contribution in [-0.4, -0.2) is 27.9 Å². The van der Waals surface area contributed by atoms with Gasteiger partial charge >= 0.3 is 15.6 Å². The Labute approximate surface area is 157 Å². The van der Waals surface area contributed by atoms with Gasteiger partial charge < -0.3 is 19.4 Å². The molecule has 8 nitrogen and oxygen atoms in total. The van der Waals surface area contributed by atoms with Crippen molar-refractivity contribution < 1.29 is 41.8 Å². The highest BCUT2D eigenvalue weighted by Crippen LogP contribution is 2.57. The van der Waals surface area contributed by atoms with Gasteiger partial charge in [0, 0.05) is 0 Å². The molecule has 0 aromatic heterocycles. The van der Waals surface area contributed by atoms with Gasteiger partial charge in [-0.2, -0.15) is 4.31 Å². The summed E-state index contributed by atoms with van der Waals surface area (Å²) in [5.74, 6) is -0.239. The maximum Gasteiger partial charge on any atom is 0.481 e. The number of phosphoric acid groups is 2.